The molecule has 2 aromatic carbocycles. The molecule has 4 rings (SSSR count). The first kappa shape index (κ1) is 13.8. The summed E-state index contributed by atoms with van der Waals surface area (Å²) in [6, 6.07) is 16.3. The number of fused-ring (bicyclic) bond motifs is 1. The van der Waals surface area contributed by atoms with Gasteiger partial charge in [0, 0.05) is 4.90 Å². The van der Waals surface area contributed by atoms with E-state index in [0.29, 0.717) is 11.1 Å². The summed E-state index contributed by atoms with van der Waals surface area (Å²) in [5, 5.41) is 7.65. The molecule has 1 atom stereocenters. The molecule has 114 valence electrons. The fourth-order valence-corrected chi connectivity index (χ4v) is 3.71. The van der Waals surface area contributed by atoms with Gasteiger partial charge in [-0.1, -0.05) is 34.8 Å². The number of hydrogen-bond donors (Lipinski definition) is 0. The van der Waals surface area contributed by atoms with Crippen LogP contribution in [-0.4, -0.2) is 27.8 Å². The minimum atomic E-state index is -0.741. The summed E-state index contributed by atoms with van der Waals surface area (Å²) < 4.78 is 5.64. The van der Waals surface area contributed by atoms with Gasteiger partial charge in [-0.05, 0) is 34.7 Å². The van der Waals surface area contributed by atoms with Gasteiger partial charge in [-0.2, -0.15) is 4.41 Å². The van der Waals surface area contributed by atoms with Gasteiger partial charge in [0.2, 0.25) is 0 Å². The molecule has 0 saturated heterocycles. The summed E-state index contributed by atoms with van der Waals surface area (Å²) >= 11 is 0. The van der Waals surface area contributed by atoms with Crippen LogP contribution in [0.5, 0.6) is 0 Å². The molecule has 2 aromatic rings. The fourth-order valence-electron chi connectivity index (χ4n) is 2.45. The minimum absolute atomic E-state index is 0.0252. The summed E-state index contributed by atoms with van der Waals surface area (Å²) in [7, 11) is -0.741. The van der Waals surface area contributed by atoms with Gasteiger partial charge in [0.05, 0.1) is 22.0 Å². The van der Waals surface area contributed by atoms with E-state index in [2.05, 4.69) is 14.9 Å². The van der Waals surface area contributed by atoms with Gasteiger partial charge < -0.3 is 0 Å². The Morgan fingerprint density at radius 2 is 1.48 bits per heavy atom. The van der Waals surface area contributed by atoms with Gasteiger partial charge in [-0.3, -0.25) is 14.5 Å². The number of hydrogen-bond acceptors (Lipinski definition) is 6. The van der Waals surface area contributed by atoms with E-state index in [4.69, 9.17) is 0 Å². The highest BCUT2D eigenvalue weighted by Crippen LogP contribution is 2.25. The van der Waals surface area contributed by atoms with Crippen molar-refractivity contribution in [2.75, 3.05) is 6.67 Å². The van der Waals surface area contributed by atoms with Crippen molar-refractivity contribution in [2.24, 2.45) is 14.9 Å². The molecule has 0 aliphatic carbocycles. The lowest BCUT2D eigenvalue weighted by Gasteiger charge is -2.21. The van der Waals surface area contributed by atoms with Gasteiger partial charge in [0.15, 0.2) is 0 Å². The Morgan fingerprint density at radius 3 is 2.13 bits per heavy atom. The predicted octanol–water partition coefficient (Wildman–Crippen LogP) is 2.61. The monoisotopic (exact) mass is 325 g/mol. The Morgan fingerprint density at radius 1 is 0.870 bits per heavy atom. The third-order valence-corrected chi connectivity index (χ3v) is 5.06. The molecule has 8 heteroatoms. The molecule has 23 heavy (non-hydrogen) atoms. The van der Waals surface area contributed by atoms with Crippen molar-refractivity contribution in [1.82, 2.24) is 9.31 Å². The molecule has 1 unspecified atom stereocenters. The molecule has 0 bridgehead atoms. The Balaban J connectivity index is 1.60. The van der Waals surface area contributed by atoms with Gasteiger partial charge in [0.1, 0.15) is 6.67 Å². The van der Waals surface area contributed by atoms with Crippen molar-refractivity contribution in [3.8, 4) is 0 Å². The number of nitrogens with zero attached hydrogens (tertiary/aromatic N) is 5. The highest BCUT2D eigenvalue weighted by molar-refractivity contribution is 7.85. The molecule has 2 aliphatic rings. The molecule has 0 N–H and O–H groups in total. The molecule has 0 saturated carbocycles. The first-order valence-corrected chi connectivity index (χ1v) is 8.03. The number of amides is 2. The van der Waals surface area contributed by atoms with Gasteiger partial charge in [0.25, 0.3) is 11.8 Å². The summed E-state index contributed by atoms with van der Waals surface area (Å²) in [5.41, 5.74) is 0.843. The Hall–Kier alpha value is -2.87. The molecule has 2 amide bonds. The van der Waals surface area contributed by atoms with Crippen LogP contribution < -0.4 is 0 Å². The normalized spacial score (nSPS) is 19.2. The lowest BCUT2D eigenvalue weighted by atomic mass is 10.1. The van der Waals surface area contributed by atoms with Crippen LogP contribution >= 0.6 is 0 Å². The second-order valence-corrected chi connectivity index (χ2v) is 6.50. The molecular formula is C15H11N5O2S. The number of benzene rings is 2. The van der Waals surface area contributed by atoms with Crippen molar-refractivity contribution in [3.63, 3.8) is 0 Å². The van der Waals surface area contributed by atoms with Crippen molar-refractivity contribution < 1.29 is 9.59 Å². The molecule has 2 heterocycles. The van der Waals surface area contributed by atoms with Crippen LogP contribution in [0.3, 0.4) is 0 Å². The molecule has 2 aliphatic heterocycles. The van der Waals surface area contributed by atoms with Crippen LogP contribution in [0.25, 0.3) is 0 Å². The topological polar surface area (TPSA) is 77.7 Å². The van der Waals surface area contributed by atoms with Crippen LogP contribution in [0.2, 0.25) is 0 Å². The number of imide groups is 1. The average molecular weight is 325 g/mol. The maximum atomic E-state index is 12.4. The number of carbonyl (C=O) groups is 2. The van der Waals surface area contributed by atoms with Gasteiger partial charge in [-0.25, -0.2) is 0 Å². The zero-order valence-corrected chi connectivity index (χ0v) is 12.7. The zero-order valence-electron chi connectivity index (χ0n) is 11.9. The molecular weight excluding hydrogens is 314 g/mol. The van der Waals surface area contributed by atoms with E-state index in [9.17, 15) is 9.59 Å². The molecule has 0 spiro atoms. The van der Waals surface area contributed by atoms with E-state index in [1.54, 1.807) is 28.7 Å². The van der Waals surface area contributed by atoms with Crippen molar-refractivity contribution in [1.29, 1.82) is 0 Å². The van der Waals surface area contributed by atoms with Crippen LogP contribution in [-0.2, 0) is 10.9 Å². The summed E-state index contributed by atoms with van der Waals surface area (Å²) in [5.74, 6) is -0.631. The van der Waals surface area contributed by atoms with Gasteiger partial charge in [-0.15, -0.1) is 0 Å². The minimum Gasteiger partial charge on any atom is -0.269 e. The quantitative estimate of drug-likeness (QED) is 0.814. The Labute approximate surface area is 134 Å². The number of carbonyl (C=O) groups excluding carboxylic acids is 2. The van der Waals surface area contributed by atoms with E-state index in [1.807, 2.05) is 30.3 Å². The van der Waals surface area contributed by atoms with Crippen molar-refractivity contribution in [3.05, 3.63) is 65.7 Å². The summed E-state index contributed by atoms with van der Waals surface area (Å²) in [4.78, 5) is 26.9. The smallest absolute Gasteiger partial charge is 0.263 e. The van der Waals surface area contributed by atoms with Crippen LogP contribution in [0.15, 0.2) is 74.4 Å². The fraction of sp³-hybridized carbons (Fsp3) is 0.0667. The lowest BCUT2D eigenvalue weighted by Crippen LogP contribution is -2.38. The molecule has 0 aromatic heterocycles. The third-order valence-electron chi connectivity index (χ3n) is 3.55. The average Bonchev–Trinajstić information content (AvgIpc) is 3.15. The van der Waals surface area contributed by atoms with E-state index < -0.39 is 10.9 Å². The first-order valence-electron chi connectivity index (χ1n) is 6.90. The zero-order chi connectivity index (χ0) is 15.8. The third kappa shape index (κ3) is 2.23. The van der Waals surface area contributed by atoms with Gasteiger partial charge >= 0.3 is 0 Å². The molecule has 0 fully saturated rings. The predicted molar refractivity (Wildman–Crippen MR) is 83.0 cm³/mol. The van der Waals surface area contributed by atoms with E-state index in [1.165, 1.54) is 4.90 Å². The standard InChI is InChI=1S/C15H11N5O2S/c21-14-12-8-4-5-9-13(12)15(22)19(14)10-20-17-16-18-23(20)11-6-2-1-3-7-11/h1-9H,10H2. The second-order valence-electron chi connectivity index (χ2n) is 4.92. The maximum absolute atomic E-state index is 12.4. The van der Waals surface area contributed by atoms with Crippen molar-refractivity contribution in [2.45, 2.75) is 4.90 Å². The lowest BCUT2D eigenvalue weighted by molar-refractivity contribution is 0.0605. The van der Waals surface area contributed by atoms with E-state index in [0.717, 1.165) is 4.90 Å². The van der Waals surface area contributed by atoms with E-state index >= 15 is 0 Å². The summed E-state index contributed by atoms with van der Waals surface area (Å²) in [6.07, 6.45) is 0. The Kier molecular flexibility index (Phi) is 3.23. The van der Waals surface area contributed by atoms with Crippen LogP contribution in [0, 0.1) is 0 Å². The number of rotatable bonds is 3. The largest absolute Gasteiger partial charge is 0.269 e. The Bertz CT molecular complexity index is 830. The van der Waals surface area contributed by atoms with Crippen LogP contribution in [0.1, 0.15) is 20.7 Å². The molecule has 0 radical (unpaired) electrons. The van der Waals surface area contributed by atoms with Crippen molar-refractivity contribution >= 4 is 22.7 Å². The van der Waals surface area contributed by atoms with E-state index in [-0.39, 0.29) is 18.5 Å². The second kappa shape index (κ2) is 5.40. The highest BCUT2D eigenvalue weighted by Gasteiger charge is 2.37. The highest BCUT2D eigenvalue weighted by atomic mass is 32.2. The molecule has 7 nitrogen and oxygen atoms in total. The maximum Gasteiger partial charge on any atom is 0.263 e. The summed E-state index contributed by atoms with van der Waals surface area (Å²) in [6.45, 7) is 0.0252. The first-order chi connectivity index (χ1) is 11.3. The SMILES string of the molecule is O=C1c2ccccc2C(=O)N1CN1N=NN=S1c1ccccc1. The van der Waals surface area contributed by atoms with Crippen LogP contribution in [0.4, 0.5) is 0 Å².